The smallest absolute Gasteiger partial charge is 0.307 e. The highest BCUT2D eigenvalue weighted by Crippen LogP contribution is 2.07. The standard InChI is InChI=1S/C11H13N3OS/c1-8-7-16-11(15)14(8)6-9-3-4-10(12-2)13-5-9/h3-5,7H,6H2,1-2H3,(H,12,13). The van der Waals surface area contributed by atoms with Crippen molar-refractivity contribution in [3.8, 4) is 0 Å². The number of nitrogens with one attached hydrogen (secondary N) is 1. The predicted octanol–water partition coefficient (Wildman–Crippen LogP) is 1.70. The largest absolute Gasteiger partial charge is 0.373 e. The number of nitrogens with zero attached hydrogens (tertiary/aromatic N) is 2. The Hall–Kier alpha value is -1.62. The normalized spacial score (nSPS) is 10.4. The molecule has 5 heteroatoms. The molecule has 2 heterocycles. The van der Waals surface area contributed by atoms with Gasteiger partial charge < -0.3 is 5.32 Å². The van der Waals surface area contributed by atoms with Crippen LogP contribution in [0, 0.1) is 6.92 Å². The molecule has 0 aliphatic rings. The van der Waals surface area contributed by atoms with Gasteiger partial charge in [-0.1, -0.05) is 17.4 Å². The molecule has 2 aromatic heterocycles. The van der Waals surface area contributed by atoms with Gasteiger partial charge in [-0.05, 0) is 18.6 Å². The minimum Gasteiger partial charge on any atom is -0.373 e. The second kappa shape index (κ2) is 4.49. The monoisotopic (exact) mass is 235 g/mol. The number of hydrogen-bond donors (Lipinski definition) is 1. The summed E-state index contributed by atoms with van der Waals surface area (Å²) in [5.74, 6) is 0.832. The van der Waals surface area contributed by atoms with Crippen molar-refractivity contribution in [3.63, 3.8) is 0 Å². The van der Waals surface area contributed by atoms with Crippen LogP contribution in [0.2, 0.25) is 0 Å². The molecule has 0 aliphatic carbocycles. The van der Waals surface area contributed by atoms with Crippen LogP contribution in [-0.4, -0.2) is 16.6 Å². The van der Waals surface area contributed by atoms with E-state index in [1.165, 1.54) is 11.3 Å². The first-order chi connectivity index (χ1) is 7.70. The van der Waals surface area contributed by atoms with Crippen LogP contribution in [-0.2, 0) is 6.54 Å². The molecule has 16 heavy (non-hydrogen) atoms. The van der Waals surface area contributed by atoms with Crippen molar-refractivity contribution >= 4 is 17.2 Å². The van der Waals surface area contributed by atoms with Crippen LogP contribution >= 0.6 is 11.3 Å². The minimum absolute atomic E-state index is 0.0789. The van der Waals surface area contributed by atoms with Crippen molar-refractivity contribution in [3.05, 3.63) is 44.6 Å². The van der Waals surface area contributed by atoms with Gasteiger partial charge in [-0.25, -0.2) is 4.98 Å². The van der Waals surface area contributed by atoms with Gasteiger partial charge in [0.25, 0.3) is 0 Å². The fourth-order valence-corrected chi connectivity index (χ4v) is 2.18. The van der Waals surface area contributed by atoms with E-state index in [2.05, 4.69) is 10.3 Å². The summed E-state index contributed by atoms with van der Waals surface area (Å²) < 4.78 is 1.75. The molecule has 0 amide bonds. The van der Waals surface area contributed by atoms with E-state index in [1.54, 1.807) is 10.8 Å². The maximum Gasteiger partial charge on any atom is 0.307 e. The molecule has 1 N–H and O–H groups in total. The molecule has 2 aromatic rings. The quantitative estimate of drug-likeness (QED) is 0.881. The SMILES string of the molecule is CNc1ccc(Cn2c(C)csc2=O)cn1. The summed E-state index contributed by atoms with van der Waals surface area (Å²) in [5.41, 5.74) is 2.02. The molecule has 0 saturated heterocycles. The average molecular weight is 235 g/mol. The Morgan fingerprint density at radius 2 is 2.31 bits per heavy atom. The Labute approximate surface area is 97.6 Å². The zero-order valence-electron chi connectivity index (χ0n) is 9.23. The van der Waals surface area contributed by atoms with E-state index in [0.717, 1.165) is 17.1 Å². The summed E-state index contributed by atoms with van der Waals surface area (Å²) in [6, 6.07) is 3.88. The number of hydrogen-bond acceptors (Lipinski definition) is 4. The molecular formula is C11H13N3OS. The van der Waals surface area contributed by atoms with Crippen LogP contribution in [0.5, 0.6) is 0 Å². The molecule has 0 atom stereocenters. The minimum atomic E-state index is 0.0789. The average Bonchev–Trinajstić information content (AvgIpc) is 2.62. The first kappa shape index (κ1) is 10.9. The van der Waals surface area contributed by atoms with Crippen molar-refractivity contribution in [2.45, 2.75) is 13.5 Å². The van der Waals surface area contributed by atoms with Gasteiger partial charge in [0.2, 0.25) is 0 Å². The summed E-state index contributed by atoms with van der Waals surface area (Å²) in [6.07, 6.45) is 1.79. The number of aryl methyl sites for hydroxylation is 1. The fourth-order valence-electron chi connectivity index (χ4n) is 1.44. The second-order valence-corrected chi connectivity index (χ2v) is 4.35. The van der Waals surface area contributed by atoms with Gasteiger partial charge in [-0.3, -0.25) is 9.36 Å². The maximum absolute atomic E-state index is 11.5. The lowest BCUT2D eigenvalue weighted by Gasteiger charge is -2.05. The van der Waals surface area contributed by atoms with Crippen molar-refractivity contribution < 1.29 is 0 Å². The number of pyridine rings is 1. The zero-order valence-corrected chi connectivity index (χ0v) is 10.0. The third-order valence-corrected chi connectivity index (χ3v) is 3.28. The topological polar surface area (TPSA) is 46.9 Å². The van der Waals surface area contributed by atoms with E-state index in [4.69, 9.17) is 0 Å². The first-order valence-corrected chi connectivity index (χ1v) is 5.86. The van der Waals surface area contributed by atoms with Crippen molar-refractivity contribution in [2.75, 3.05) is 12.4 Å². The van der Waals surface area contributed by atoms with E-state index >= 15 is 0 Å². The first-order valence-electron chi connectivity index (χ1n) is 4.98. The number of aromatic nitrogens is 2. The van der Waals surface area contributed by atoms with Gasteiger partial charge in [0.05, 0.1) is 6.54 Å². The van der Waals surface area contributed by atoms with Crippen LogP contribution in [0.3, 0.4) is 0 Å². The number of thiazole rings is 1. The van der Waals surface area contributed by atoms with E-state index in [1.807, 2.05) is 31.5 Å². The number of anilines is 1. The highest BCUT2D eigenvalue weighted by molar-refractivity contribution is 7.07. The molecule has 0 spiro atoms. The van der Waals surface area contributed by atoms with Crippen molar-refractivity contribution in [1.82, 2.24) is 9.55 Å². The highest BCUT2D eigenvalue weighted by Gasteiger charge is 2.03. The van der Waals surface area contributed by atoms with Crippen molar-refractivity contribution in [2.24, 2.45) is 0 Å². The molecule has 4 nitrogen and oxygen atoms in total. The van der Waals surface area contributed by atoms with Crippen LogP contribution in [0.25, 0.3) is 0 Å². The third-order valence-electron chi connectivity index (χ3n) is 2.40. The van der Waals surface area contributed by atoms with Gasteiger partial charge >= 0.3 is 4.87 Å². The predicted molar refractivity (Wildman–Crippen MR) is 66.2 cm³/mol. The number of rotatable bonds is 3. The molecule has 2 rings (SSSR count). The van der Waals surface area contributed by atoms with E-state index in [9.17, 15) is 4.79 Å². The molecule has 0 bridgehead atoms. The zero-order chi connectivity index (χ0) is 11.5. The van der Waals surface area contributed by atoms with Gasteiger partial charge in [0.15, 0.2) is 0 Å². The lowest BCUT2D eigenvalue weighted by Crippen LogP contribution is -2.15. The summed E-state index contributed by atoms with van der Waals surface area (Å²) in [7, 11) is 1.83. The molecule has 0 unspecified atom stereocenters. The van der Waals surface area contributed by atoms with Crippen LogP contribution in [0.4, 0.5) is 5.82 Å². The van der Waals surface area contributed by atoms with Gasteiger partial charge in [0.1, 0.15) is 5.82 Å². The Kier molecular flexibility index (Phi) is 3.05. The molecule has 0 aliphatic heterocycles. The van der Waals surface area contributed by atoms with Gasteiger partial charge in [-0.2, -0.15) is 0 Å². The highest BCUT2D eigenvalue weighted by atomic mass is 32.1. The summed E-state index contributed by atoms with van der Waals surface area (Å²) in [6.45, 7) is 2.53. The Balaban J connectivity index is 2.24. The Morgan fingerprint density at radius 3 is 2.81 bits per heavy atom. The van der Waals surface area contributed by atoms with E-state index < -0.39 is 0 Å². The molecule has 0 aromatic carbocycles. The van der Waals surface area contributed by atoms with Crippen molar-refractivity contribution in [1.29, 1.82) is 0 Å². The van der Waals surface area contributed by atoms with Crippen LogP contribution in [0.1, 0.15) is 11.3 Å². The Bertz CT molecular complexity index is 527. The maximum atomic E-state index is 11.5. The molecule has 0 radical (unpaired) electrons. The van der Waals surface area contributed by atoms with Gasteiger partial charge in [-0.15, -0.1) is 0 Å². The van der Waals surface area contributed by atoms with Crippen LogP contribution in [0.15, 0.2) is 28.5 Å². The lowest BCUT2D eigenvalue weighted by molar-refractivity contribution is 0.752. The molecular weight excluding hydrogens is 222 g/mol. The van der Waals surface area contributed by atoms with Gasteiger partial charge in [0, 0.05) is 24.3 Å². The fraction of sp³-hybridized carbons (Fsp3) is 0.273. The van der Waals surface area contributed by atoms with E-state index in [-0.39, 0.29) is 4.87 Å². The molecule has 84 valence electrons. The Morgan fingerprint density at radius 1 is 1.50 bits per heavy atom. The summed E-state index contributed by atoms with van der Waals surface area (Å²) in [4.78, 5) is 15.8. The van der Waals surface area contributed by atoms with Crippen LogP contribution < -0.4 is 10.2 Å². The summed E-state index contributed by atoms with van der Waals surface area (Å²) in [5, 5.41) is 4.83. The molecule has 0 fully saturated rings. The third kappa shape index (κ3) is 2.14. The summed E-state index contributed by atoms with van der Waals surface area (Å²) >= 11 is 1.23. The molecule has 0 saturated carbocycles. The lowest BCUT2D eigenvalue weighted by atomic mass is 10.3. The second-order valence-electron chi connectivity index (χ2n) is 3.53. The van der Waals surface area contributed by atoms with E-state index in [0.29, 0.717) is 6.54 Å².